The Bertz CT molecular complexity index is 448. The van der Waals surface area contributed by atoms with Crippen LogP contribution in [0.3, 0.4) is 0 Å². The molecule has 1 aliphatic rings. The van der Waals surface area contributed by atoms with Crippen LogP contribution in [0.15, 0.2) is 24.3 Å². The number of para-hydroxylation sites is 1. The SMILES string of the molecule is O=C(CCOc1ccccc1Cl)NCCC1CCCNC1. The van der Waals surface area contributed by atoms with Gasteiger partial charge in [0, 0.05) is 6.54 Å². The molecular weight excluding hydrogens is 288 g/mol. The molecule has 0 radical (unpaired) electrons. The van der Waals surface area contributed by atoms with Gasteiger partial charge in [-0.3, -0.25) is 4.79 Å². The molecule has 1 saturated heterocycles. The first kappa shape index (κ1) is 16.1. The summed E-state index contributed by atoms with van der Waals surface area (Å²) in [5, 5.41) is 6.91. The predicted octanol–water partition coefficient (Wildman–Crippen LogP) is 2.61. The molecule has 1 unspecified atom stereocenters. The van der Waals surface area contributed by atoms with Gasteiger partial charge in [-0.1, -0.05) is 23.7 Å². The number of hydrogen-bond donors (Lipinski definition) is 2. The molecule has 1 aromatic rings. The fraction of sp³-hybridized carbons (Fsp3) is 0.562. The van der Waals surface area contributed by atoms with Crippen molar-refractivity contribution in [1.82, 2.24) is 10.6 Å². The van der Waals surface area contributed by atoms with Crippen molar-refractivity contribution < 1.29 is 9.53 Å². The molecule has 1 aliphatic heterocycles. The maximum atomic E-state index is 11.7. The minimum atomic E-state index is 0.0332. The fourth-order valence-corrected chi connectivity index (χ4v) is 2.68. The Labute approximate surface area is 131 Å². The van der Waals surface area contributed by atoms with Gasteiger partial charge in [0.25, 0.3) is 0 Å². The Morgan fingerprint density at radius 2 is 2.29 bits per heavy atom. The molecular formula is C16H23ClN2O2. The van der Waals surface area contributed by atoms with Crippen molar-refractivity contribution in [2.45, 2.75) is 25.7 Å². The molecule has 0 saturated carbocycles. The molecule has 1 aromatic carbocycles. The van der Waals surface area contributed by atoms with Crippen LogP contribution in [0.5, 0.6) is 5.75 Å². The lowest BCUT2D eigenvalue weighted by Gasteiger charge is -2.22. The third-order valence-corrected chi connectivity index (χ3v) is 4.01. The van der Waals surface area contributed by atoms with Crippen molar-refractivity contribution in [3.63, 3.8) is 0 Å². The van der Waals surface area contributed by atoms with E-state index in [1.54, 1.807) is 12.1 Å². The predicted molar refractivity (Wildman–Crippen MR) is 84.8 cm³/mol. The largest absolute Gasteiger partial charge is 0.491 e. The van der Waals surface area contributed by atoms with Crippen molar-refractivity contribution in [3.05, 3.63) is 29.3 Å². The Balaban J connectivity index is 1.56. The van der Waals surface area contributed by atoms with Gasteiger partial charge < -0.3 is 15.4 Å². The van der Waals surface area contributed by atoms with Crippen LogP contribution in [0.1, 0.15) is 25.7 Å². The van der Waals surface area contributed by atoms with Gasteiger partial charge in [-0.2, -0.15) is 0 Å². The first-order valence-electron chi connectivity index (χ1n) is 7.60. The summed E-state index contributed by atoms with van der Waals surface area (Å²) in [6, 6.07) is 7.28. The average Bonchev–Trinajstić information content (AvgIpc) is 2.50. The molecule has 1 heterocycles. The monoisotopic (exact) mass is 310 g/mol. The molecule has 21 heavy (non-hydrogen) atoms. The van der Waals surface area contributed by atoms with Crippen molar-refractivity contribution in [3.8, 4) is 5.75 Å². The Morgan fingerprint density at radius 1 is 1.43 bits per heavy atom. The smallest absolute Gasteiger partial charge is 0.223 e. The maximum absolute atomic E-state index is 11.7. The molecule has 116 valence electrons. The zero-order valence-electron chi connectivity index (χ0n) is 12.2. The Kier molecular flexibility index (Phi) is 6.83. The lowest BCUT2D eigenvalue weighted by Crippen LogP contribution is -2.33. The summed E-state index contributed by atoms with van der Waals surface area (Å²) in [7, 11) is 0. The van der Waals surface area contributed by atoms with Crippen LogP contribution in [0.25, 0.3) is 0 Å². The third kappa shape index (κ3) is 5.94. The molecule has 2 N–H and O–H groups in total. The highest BCUT2D eigenvalue weighted by Crippen LogP contribution is 2.23. The molecule has 0 spiro atoms. The van der Waals surface area contributed by atoms with Crippen molar-refractivity contribution >= 4 is 17.5 Å². The molecule has 5 heteroatoms. The van der Waals surface area contributed by atoms with E-state index in [4.69, 9.17) is 16.3 Å². The second-order valence-electron chi connectivity index (χ2n) is 5.38. The number of benzene rings is 1. The van der Waals surface area contributed by atoms with Gasteiger partial charge in [0.15, 0.2) is 0 Å². The van der Waals surface area contributed by atoms with Crippen LogP contribution in [-0.4, -0.2) is 32.1 Å². The maximum Gasteiger partial charge on any atom is 0.223 e. The van der Waals surface area contributed by atoms with E-state index in [1.165, 1.54) is 12.8 Å². The number of carbonyl (C=O) groups is 1. The summed E-state index contributed by atoms with van der Waals surface area (Å²) in [6.07, 6.45) is 3.90. The second-order valence-corrected chi connectivity index (χ2v) is 5.79. The number of nitrogens with one attached hydrogen (secondary N) is 2. The number of rotatable bonds is 7. The lowest BCUT2D eigenvalue weighted by molar-refractivity contribution is -0.121. The zero-order chi connectivity index (χ0) is 14.9. The van der Waals surface area contributed by atoms with Crippen LogP contribution < -0.4 is 15.4 Å². The van der Waals surface area contributed by atoms with E-state index in [0.29, 0.717) is 29.7 Å². The average molecular weight is 311 g/mol. The summed E-state index contributed by atoms with van der Waals surface area (Å²) >= 11 is 5.98. The van der Waals surface area contributed by atoms with Gasteiger partial charge >= 0.3 is 0 Å². The van der Waals surface area contributed by atoms with E-state index in [1.807, 2.05) is 12.1 Å². The van der Waals surface area contributed by atoms with Gasteiger partial charge in [-0.15, -0.1) is 0 Å². The van der Waals surface area contributed by atoms with Gasteiger partial charge in [-0.05, 0) is 50.4 Å². The molecule has 0 aliphatic carbocycles. The quantitative estimate of drug-likeness (QED) is 0.814. The van der Waals surface area contributed by atoms with E-state index < -0.39 is 0 Å². The Hall–Kier alpha value is -1.26. The molecule has 0 aromatic heterocycles. The van der Waals surface area contributed by atoms with Crippen LogP contribution in [0.4, 0.5) is 0 Å². The summed E-state index contributed by atoms with van der Waals surface area (Å²) in [5.41, 5.74) is 0. The minimum Gasteiger partial charge on any atom is -0.491 e. The second kappa shape index (κ2) is 8.90. The van der Waals surface area contributed by atoms with Crippen molar-refractivity contribution in [2.24, 2.45) is 5.92 Å². The van der Waals surface area contributed by atoms with E-state index >= 15 is 0 Å². The normalized spacial score (nSPS) is 18.2. The number of ether oxygens (including phenoxy) is 1. The topological polar surface area (TPSA) is 50.4 Å². The molecule has 0 bridgehead atoms. The highest BCUT2D eigenvalue weighted by atomic mass is 35.5. The first-order chi connectivity index (χ1) is 10.3. The highest BCUT2D eigenvalue weighted by molar-refractivity contribution is 6.32. The number of hydrogen-bond acceptors (Lipinski definition) is 3. The van der Waals surface area contributed by atoms with Gasteiger partial charge in [0.1, 0.15) is 5.75 Å². The number of halogens is 1. The van der Waals surface area contributed by atoms with Gasteiger partial charge in [0.2, 0.25) is 5.91 Å². The van der Waals surface area contributed by atoms with Crippen LogP contribution in [0.2, 0.25) is 5.02 Å². The summed E-state index contributed by atoms with van der Waals surface area (Å²) in [5.74, 6) is 1.35. The molecule has 4 nitrogen and oxygen atoms in total. The van der Waals surface area contributed by atoms with E-state index in [0.717, 1.165) is 26.1 Å². The molecule has 1 fully saturated rings. The minimum absolute atomic E-state index is 0.0332. The molecule has 2 rings (SSSR count). The summed E-state index contributed by atoms with van der Waals surface area (Å²) in [6.45, 7) is 3.30. The number of piperidine rings is 1. The van der Waals surface area contributed by atoms with Gasteiger partial charge in [-0.25, -0.2) is 0 Å². The van der Waals surface area contributed by atoms with Crippen molar-refractivity contribution in [2.75, 3.05) is 26.2 Å². The molecule has 1 amide bonds. The fourth-order valence-electron chi connectivity index (χ4n) is 2.49. The summed E-state index contributed by atoms with van der Waals surface area (Å²) < 4.78 is 5.50. The number of carbonyl (C=O) groups excluding carboxylic acids is 1. The van der Waals surface area contributed by atoms with Gasteiger partial charge in [0.05, 0.1) is 18.1 Å². The summed E-state index contributed by atoms with van der Waals surface area (Å²) in [4.78, 5) is 11.7. The molecule has 1 atom stereocenters. The van der Waals surface area contributed by atoms with E-state index in [-0.39, 0.29) is 5.91 Å². The first-order valence-corrected chi connectivity index (χ1v) is 7.98. The lowest BCUT2D eigenvalue weighted by atomic mass is 9.96. The van der Waals surface area contributed by atoms with Crippen molar-refractivity contribution in [1.29, 1.82) is 0 Å². The van der Waals surface area contributed by atoms with Crippen LogP contribution >= 0.6 is 11.6 Å². The van der Waals surface area contributed by atoms with E-state index in [2.05, 4.69) is 10.6 Å². The third-order valence-electron chi connectivity index (χ3n) is 3.70. The van der Waals surface area contributed by atoms with Crippen LogP contribution in [0, 0.1) is 5.92 Å². The Morgan fingerprint density at radius 3 is 3.05 bits per heavy atom. The van der Waals surface area contributed by atoms with E-state index in [9.17, 15) is 4.79 Å². The van der Waals surface area contributed by atoms with Crippen LogP contribution in [-0.2, 0) is 4.79 Å². The highest BCUT2D eigenvalue weighted by Gasteiger charge is 2.12. The zero-order valence-corrected chi connectivity index (χ0v) is 13.0. The number of amides is 1. The standard InChI is InChI=1S/C16H23ClN2O2/c17-14-5-1-2-6-15(14)21-11-8-16(20)19-10-7-13-4-3-9-18-12-13/h1-2,5-6,13,18H,3-4,7-12H2,(H,19,20).